The number of nitrogens with zero attached hydrogens (tertiary/aromatic N) is 1. The second kappa shape index (κ2) is 7.08. The normalized spacial score (nSPS) is 13.7. The third-order valence-corrected chi connectivity index (χ3v) is 3.07. The van der Waals surface area contributed by atoms with Crippen molar-refractivity contribution in [3.05, 3.63) is 39.9 Å². The number of aliphatic carboxylic acids is 1. The molecule has 0 aromatic heterocycles. The van der Waals surface area contributed by atoms with Gasteiger partial charge in [-0.25, -0.2) is 9.59 Å². The monoisotopic (exact) mass is 324 g/mol. The van der Waals surface area contributed by atoms with Crippen molar-refractivity contribution >= 4 is 17.7 Å². The largest absolute Gasteiger partial charge is 0.480 e. The smallest absolute Gasteiger partial charge is 0.408 e. The maximum absolute atomic E-state index is 11.8. The molecule has 1 aromatic carbocycles. The highest BCUT2D eigenvalue weighted by Crippen LogP contribution is 2.22. The predicted molar refractivity (Wildman–Crippen MR) is 82.3 cm³/mol. The van der Waals surface area contributed by atoms with Crippen LogP contribution in [-0.2, 0) is 9.53 Å². The van der Waals surface area contributed by atoms with Gasteiger partial charge in [0.1, 0.15) is 11.6 Å². The van der Waals surface area contributed by atoms with Gasteiger partial charge in [-0.05, 0) is 26.3 Å². The van der Waals surface area contributed by atoms with Crippen LogP contribution in [0, 0.1) is 10.1 Å². The number of non-ortho nitro benzene ring substituents is 1. The number of nitro groups is 1. The minimum atomic E-state index is -1.22. The number of rotatable bonds is 5. The maximum Gasteiger partial charge on any atom is 0.408 e. The number of hydrogen-bond donors (Lipinski definition) is 2. The number of hydrogen-bond acceptors (Lipinski definition) is 5. The van der Waals surface area contributed by atoms with Gasteiger partial charge in [-0.1, -0.05) is 19.1 Å². The molecule has 0 radical (unpaired) electrons. The van der Waals surface area contributed by atoms with Gasteiger partial charge in [0.2, 0.25) is 0 Å². The summed E-state index contributed by atoms with van der Waals surface area (Å²) in [6.45, 7) is 6.61. The van der Waals surface area contributed by atoms with E-state index in [1.807, 2.05) is 0 Å². The van der Waals surface area contributed by atoms with Gasteiger partial charge in [0.15, 0.2) is 0 Å². The molecule has 23 heavy (non-hydrogen) atoms. The number of nitrogens with one attached hydrogen (secondary N) is 1. The lowest BCUT2D eigenvalue weighted by atomic mass is 9.93. The molecule has 126 valence electrons. The van der Waals surface area contributed by atoms with Gasteiger partial charge in [-0.15, -0.1) is 0 Å². The Morgan fingerprint density at radius 2 is 1.78 bits per heavy atom. The van der Waals surface area contributed by atoms with Gasteiger partial charge in [-0.2, -0.15) is 0 Å². The third-order valence-electron chi connectivity index (χ3n) is 3.07. The molecule has 2 atom stereocenters. The first kappa shape index (κ1) is 18.4. The van der Waals surface area contributed by atoms with E-state index in [0.717, 1.165) is 0 Å². The Kier molecular flexibility index (Phi) is 5.67. The van der Waals surface area contributed by atoms with E-state index < -0.39 is 34.5 Å². The second-order valence-electron chi connectivity index (χ2n) is 6.10. The highest BCUT2D eigenvalue weighted by molar-refractivity contribution is 5.81. The number of ether oxygens (including phenoxy) is 1. The summed E-state index contributed by atoms with van der Waals surface area (Å²) in [5.74, 6) is -1.82. The van der Waals surface area contributed by atoms with Crippen molar-refractivity contribution < 1.29 is 24.4 Å². The van der Waals surface area contributed by atoms with Crippen LogP contribution in [0.2, 0.25) is 0 Å². The lowest BCUT2D eigenvalue weighted by Gasteiger charge is -2.25. The summed E-state index contributed by atoms with van der Waals surface area (Å²) in [5, 5.41) is 22.3. The lowest BCUT2D eigenvalue weighted by Crippen LogP contribution is -2.46. The molecule has 1 aromatic rings. The minimum absolute atomic E-state index is 0.0899. The fourth-order valence-electron chi connectivity index (χ4n) is 1.93. The summed E-state index contributed by atoms with van der Waals surface area (Å²) in [7, 11) is 0. The van der Waals surface area contributed by atoms with Crippen molar-refractivity contribution in [2.24, 2.45) is 0 Å². The molecule has 8 heteroatoms. The van der Waals surface area contributed by atoms with Crippen LogP contribution in [0.25, 0.3) is 0 Å². The molecule has 0 spiro atoms. The van der Waals surface area contributed by atoms with E-state index in [0.29, 0.717) is 5.56 Å². The van der Waals surface area contributed by atoms with Crippen LogP contribution in [-0.4, -0.2) is 33.7 Å². The number of alkyl carbamates (subject to hydrolysis) is 1. The van der Waals surface area contributed by atoms with Crippen LogP contribution < -0.4 is 5.32 Å². The van der Waals surface area contributed by atoms with Crippen molar-refractivity contribution in [2.45, 2.75) is 45.3 Å². The summed E-state index contributed by atoms with van der Waals surface area (Å²) in [5.41, 5.74) is -0.281. The highest BCUT2D eigenvalue weighted by atomic mass is 16.6. The van der Waals surface area contributed by atoms with E-state index in [1.165, 1.54) is 24.3 Å². The molecule has 0 saturated heterocycles. The number of carboxylic acids is 1. The van der Waals surface area contributed by atoms with Crippen LogP contribution in [0.3, 0.4) is 0 Å². The number of benzene rings is 1. The standard InChI is InChI=1S/C15H20N2O6/c1-9(10-5-7-11(8-6-10)17(21)22)12(13(18)19)16-14(20)23-15(2,3)4/h5-9,12H,1-4H3,(H,16,20)(H,18,19)/t9-,12+/m0/s1. The average Bonchev–Trinajstić information content (AvgIpc) is 2.42. The van der Waals surface area contributed by atoms with Crippen LogP contribution in [0.15, 0.2) is 24.3 Å². The molecule has 2 N–H and O–H groups in total. The Labute approximate surface area is 133 Å². The molecule has 0 bridgehead atoms. The van der Waals surface area contributed by atoms with Crippen LogP contribution in [0.5, 0.6) is 0 Å². The number of carboxylic acid groups (broad SMARTS) is 1. The van der Waals surface area contributed by atoms with E-state index in [9.17, 15) is 24.8 Å². The van der Waals surface area contributed by atoms with Crippen molar-refractivity contribution in [2.75, 3.05) is 0 Å². The first-order valence-corrected chi connectivity index (χ1v) is 6.98. The molecular formula is C15H20N2O6. The zero-order chi connectivity index (χ0) is 17.8. The van der Waals surface area contributed by atoms with Gasteiger partial charge >= 0.3 is 12.1 Å². The fraction of sp³-hybridized carbons (Fsp3) is 0.467. The van der Waals surface area contributed by atoms with Gasteiger partial charge in [0, 0.05) is 18.1 Å². The van der Waals surface area contributed by atoms with Crippen LogP contribution in [0.1, 0.15) is 39.2 Å². The van der Waals surface area contributed by atoms with E-state index in [4.69, 9.17) is 4.74 Å². The van der Waals surface area contributed by atoms with Crippen molar-refractivity contribution in [3.8, 4) is 0 Å². The molecular weight excluding hydrogens is 304 g/mol. The molecule has 0 aliphatic rings. The average molecular weight is 324 g/mol. The molecule has 1 amide bonds. The molecule has 0 saturated carbocycles. The Morgan fingerprint density at radius 3 is 2.17 bits per heavy atom. The molecule has 0 aliphatic carbocycles. The van der Waals surface area contributed by atoms with E-state index in [-0.39, 0.29) is 5.69 Å². The minimum Gasteiger partial charge on any atom is -0.480 e. The van der Waals surface area contributed by atoms with Gasteiger partial charge < -0.3 is 15.2 Å². The van der Waals surface area contributed by atoms with E-state index >= 15 is 0 Å². The second-order valence-corrected chi connectivity index (χ2v) is 6.10. The van der Waals surface area contributed by atoms with Gasteiger partial charge in [0.25, 0.3) is 5.69 Å². The molecule has 0 heterocycles. The number of nitro benzene ring substituents is 1. The third kappa shape index (κ3) is 5.57. The van der Waals surface area contributed by atoms with Crippen molar-refractivity contribution in [1.82, 2.24) is 5.32 Å². The zero-order valence-corrected chi connectivity index (χ0v) is 13.4. The van der Waals surface area contributed by atoms with Gasteiger partial charge in [0.05, 0.1) is 4.92 Å². The first-order chi connectivity index (χ1) is 10.5. The summed E-state index contributed by atoms with van der Waals surface area (Å²) in [6.07, 6.45) is -0.835. The maximum atomic E-state index is 11.8. The highest BCUT2D eigenvalue weighted by Gasteiger charge is 2.30. The summed E-state index contributed by atoms with van der Waals surface area (Å²) in [6, 6.07) is 4.30. The Balaban J connectivity index is 2.90. The molecule has 0 aliphatic heterocycles. The van der Waals surface area contributed by atoms with Crippen LogP contribution in [0.4, 0.5) is 10.5 Å². The Morgan fingerprint density at radius 1 is 1.26 bits per heavy atom. The quantitative estimate of drug-likeness (QED) is 0.635. The van der Waals surface area contributed by atoms with Crippen LogP contribution >= 0.6 is 0 Å². The lowest BCUT2D eigenvalue weighted by molar-refractivity contribution is -0.384. The fourth-order valence-corrected chi connectivity index (χ4v) is 1.93. The topological polar surface area (TPSA) is 119 Å². The van der Waals surface area contributed by atoms with Crippen molar-refractivity contribution in [1.29, 1.82) is 0 Å². The predicted octanol–water partition coefficient (Wildman–Crippen LogP) is 2.68. The zero-order valence-electron chi connectivity index (χ0n) is 13.4. The SMILES string of the molecule is C[C@@H](c1ccc([N+](=O)[O-])cc1)[C@@H](NC(=O)OC(C)(C)C)C(=O)O. The van der Waals surface area contributed by atoms with E-state index in [2.05, 4.69) is 5.32 Å². The molecule has 8 nitrogen and oxygen atoms in total. The summed E-state index contributed by atoms with van der Waals surface area (Å²) < 4.78 is 5.05. The summed E-state index contributed by atoms with van der Waals surface area (Å²) in [4.78, 5) is 33.3. The Hall–Kier alpha value is -2.64. The molecule has 1 rings (SSSR count). The summed E-state index contributed by atoms with van der Waals surface area (Å²) >= 11 is 0. The van der Waals surface area contributed by atoms with Crippen molar-refractivity contribution in [3.63, 3.8) is 0 Å². The molecule has 0 fully saturated rings. The first-order valence-electron chi connectivity index (χ1n) is 6.98. The van der Waals surface area contributed by atoms with E-state index in [1.54, 1.807) is 27.7 Å². The van der Waals surface area contributed by atoms with Gasteiger partial charge in [-0.3, -0.25) is 10.1 Å². The number of carbonyl (C=O) groups is 2. The molecule has 0 unspecified atom stereocenters. The number of carbonyl (C=O) groups excluding carboxylic acids is 1. The number of amides is 1. The Bertz CT molecular complexity index is 591.